The number of amides is 2. The Morgan fingerprint density at radius 3 is 2.59 bits per heavy atom. The van der Waals surface area contributed by atoms with Gasteiger partial charge in [-0.05, 0) is 23.8 Å². The van der Waals surface area contributed by atoms with Crippen LogP contribution in [0.3, 0.4) is 0 Å². The molecule has 2 aromatic carbocycles. The summed E-state index contributed by atoms with van der Waals surface area (Å²) in [6.45, 7) is 0.320. The molecule has 0 radical (unpaired) electrons. The molecule has 0 spiro atoms. The van der Waals surface area contributed by atoms with E-state index in [4.69, 9.17) is 16.3 Å². The average molecular weight is 386 g/mol. The molecule has 6 nitrogen and oxygen atoms in total. The van der Waals surface area contributed by atoms with Crippen LogP contribution in [0.2, 0.25) is 0 Å². The Bertz CT molecular complexity index is 911. The molecule has 0 aliphatic carbocycles. The molecule has 27 heavy (non-hydrogen) atoms. The minimum absolute atomic E-state index is 0.292. The summed E-state index contributed by atoms with van der Waals surface area (Å²) in [5.74, 6) is 0.382. The number of ether oxygens (including phenoxy) is 1. The lowest BCUT2D eigenvalue weighted by Crippen LogP contribution is -2.49. The first-order valence-electron chi connectivity index (χ1n) is 8.59. The van der Waals surface area contributed by atoms with Crippen molar-refractivity contribution >= 4 is 34.5 Å². The number of rotatable bonds is 7. The van der Waals surface area contributed by atoms with Gasteiger partial charge in [-0.2, -0.15) is 0 Å². The van der Waals surface area contributed by atoms with Gasteiger partial charge in [0.2, 0.25) is 5.91 Å². The van der Waals surface area contributed by atoms with Crippen LogP contribution in [0.25, 0.3) is 10.9 Å². The van der Waals surface area contributed by atoms with E-state index in [0.29, 0.717) is 24.6 Å². The third kappa shape index (κ3) is 5.01. The van der Waals surface area contributed by atoms with Crippen molar-refractivity contribution in [2.75, 3.05) is 12.4 Å². The second-order valence-corrected chi connectivity index (χ2v) is 6.32. The number of aromatic nitrogens is 1. The second kappa shape index (κ2) is 9.09. The van der Waals surface area contributed by atoms with Crippen molar-refractivity contribution in [2.45, 2.75) is 12.5 Å². The number of carbonyl (C=O) groups excluding carboxylic acids is 2. The van der Waals surface area contributed by atoms with E-state index in [1.165, 1.54) is 0 Å². The first-order chi connectivity index (χ1) is 13.2. The van der Waals surface area contributed by atoms with Crippen molar-refractivity contribution in [3.63, 3.8) is 0 Å². The standard InChI is InChI=1S/C20H20ClN3O3/c21-10-11-22-19(25)18(24-20(26)27-15-6-2-1-3-7-15)12-14-13-23-17-9-5-4-8-16(14)17/h1-9,13,18,23H,10-12H2,(H,22,25)(H,24,26)/t18-/m1/s1. The summed E-state index contributed by atoms with van der Waals surface area (Å²) in [7, 11) is 0. The third-order valence-corrected chi connectivity index (χ3v) is 4.24. The number of benzene rings is 2. The van der Waals surface area contributed by atoms with Crippen LogP contribution in [-0.2, 0) is 11.2 Å². The van der Waals surface area contributed by atoms with Gasteiger partial charge in [-0.3, -0.25) is 4.79 Å². The summed E-state index contributed by atoms with van der Waals surface area (Å²) < 4.78 is 5.24. The highest BCUT2D eigenvalue weighted by atomic mass is 35.5. The van der Waals surface area contributed by atoms with Gasteiger partial charge in [0.15, 0.2) is 0 Å². The fourth-order valence-corrected chi connectivity index (χ4v) is 2.89. The highest BCUT2D eigenvalue weighted by Crippen LogP contribution is 2.19. The minimum atomic E-state index is -0.788. The molecule has 1 aromatic heterocycles. The van der Waals surface area contributed by atoms with E-state index in [-0.39, 0.29) is 5.91 Å². The molecule has 0 unspecified atom stereocenters. The van der Waals surface area contributed by atoms with Crippen LogP contribution < -0.4 is 15.4 Å². The molecule has 7 heteroatoms. The van der Waals surface area contributed by atoms with Gasteiger partial charge in [-0.1, -0.05) is 36.4 Å². The quantitative estimate of drug-likeness (QED) is 0.546. The zero-order valence-electron chi connectivity index (χ0n) is 14.6. The molecule has 3 aromatic rings. The molecular formula is C20H20ClN3O3. The zero-order chi connectivity index (χ0) is 19.1. The normalized spacial score (nSPS) is 11.7. The Balaban J connectivity index is 1.74. The first-order valence-corrected chi connectivity index (χ1v) is 9.13. The van der Waals surface area contributed by atoms with Gasteiger partial charge in [-0.15, -0.1) is 11.6 Å². The summed E-state index contributed by atoms with van der Waals surface area (Å²) in [5.41, 5.74) is 1.90. The second-order valence-electron chi connectivity index (χ2n) is 5.94. The van der Waals surface area contributed by atoms with Crippen LogP contribution in [0.1, 0.15) is 5.56 Å². The molecule has 3 rings (SSSR count). The smallest absolute Gasteiger partial charge is 0.410 e. The lowest BCUT2D eigenvalue weighted by Gasteiger charge is -2.18. The number of fused-ring (bicyclic) bond motifs is 1. The monoisotopic (exact) mass is 385 g/mol. The number of nitrogens with one attached hydrogen (secondary N) is 3. The van der Waals surface area contributed by atoms with Gasteiger partial charge < -0.3 is 20.4 Å². The lowest BCUT2D eigenvalue weighted by molar-refractivity contribution is -0.122. The van der Waals surface area contributed by atoms with Crippen LogP contribution in [0.4, 0.5) is 4.79 Å². The molecule has 0 fully saturated rings. The maximum absolute atomic E-state index is 12.5. The Morgan fingerprint density at radius 2 is 1.81 bits per heavy atom. The van der Waals surface area contributed by atoms with Gasteiger partial charge in [0, 0.05) is 35.9 Å². The van der Waals surface area contributed by atoms with Gasteiger partial charge in [0.05, 0.1) is 0 Å². The molecule has 1 heterocycles. The summed E-state index contributed by atoms with van der Waals surface area (Å²) in [5, 5.41) is 6.36. The molecular weight excluding hydrogens is 366 g/mol. The van der Waals surface area contributed by atoms with Gasteiger partial charge in [0.25, 0.3) is 0 Å². The fourth-order valence-electron chi connectivity index (χ4n) is 2.79. The zero-order valence-corrected chi connectivity index (χ0v) is 15.3. The fraction of sp³-hybridized carbons (Fsp3) is 0.200. The molecule has 0 aliphatic heterocycles. The maximum atomic E-state index is 12.5. The van der Waals surface area contributed by atoms with Gasteiger partial charge in [0.1, 0.15) is 11.8 Å². The van der Waals surface area contributed by atoms with E-state index in [2.05, 4.69) is 15.6 Å². The van der Waals surface area contributed by atoms with Crippen LogP contribution in [-0.4, -0.2) is 35.5 Å². The Kier molecular flexibility index (Phi) is 6.33. The summed E-state index contributed by atoms with van der Waals surface area (Å²) in [6.07, 6.45) is 1.48. The molecule has 2 amide bonds. The number of aromatic amines is 1. The first kappa shape index (κ1) is 18.8. The molecule has 0 saturated heterocycles. The third-order valence-electron chi connectivity index (χ3n) is 4.06. The van der Waals surface area contributed by atoms with Crippen molar-refractivity contribution < 1.29 is 14.3 Å². The number of hydrogen-bond acceptors (Lipinski definition) is 3. The molecule has 0 bridgehead atoms. The molecule has 140 valence electrons. The van der Waals surface area contributed by atoms with E-state index in [0.717, 1.165) is 16.5 Å². The van der Waals surface area contributed by atoms with E-state index < -0.39 is 12.1 Å². The van der Waals surface area contributed by atoms with Gasteiger partial charge >= 0.3 is 6.09 Å². The van der Waals surface area contributed by atoms with E-state index in [9.17, 15) is 9.59 Å². The van der Waals surface area contributed by atoms with Crippen LogP contribution in [0.5, 0.6) is 5.75 Å². The largest absolute Gasteiger partial charge is 0.413 e. The molecule has 0 saturated carbocycles. The van der Waals surface area contributed by atoms with Crippen LogP contribution in [0, 0.1) is 0 Å². The van der Waals surface area contributed by atoms with E-state index in [1.807, 2.05) is 36.5 Å². The molecule has 1 atom stereocenters. The van der Waals surface area contributed by atoms with Crippen LogP contribution >= 0.6 is 11.6 Å². The Labute approximate surface area is 161 Å². The lowest BCUT2D eigenvalue weighted by atomic mass is 10.0. The van der Waals surface area contributed by atoms with Crippen molar-refractivity contribution in [1.29, 1.82) is 0 Å². The average Bonchev–Trinajstić information content (AvgIpc) is 3.09. The highest BCUT2D eigenvalue weighted by Gasteiger charge is 2.23. The van der Waals surface area contributed by atoms with E-state index >= 15 is 0 Å². The number of carbonyl (C=O) groups is 2. The number of hydrogen-bond donors (Lipinski definition) is 3. The summed E-state index contributed by atoms with van der Waals surface area (Å²) in [4.78, 5) is 27.9. The maximum Gasteiger partial charge on any atom is 0.413 e. The van der Waals surface area contributed by atoms with Crippen molar-refractivity contribution in [2.24, 2.45) is 0 Å². The minimum Gasteiger partial charge on any atom is -0.410 e. The predicted octanol–water partition coefficient (Wildman–Crippen LogP) is 3.22. The van der Waals surface area contributed by atoms with Crippen LogP contribution in [0.15, 0.2) is 60.8 Å². The highest BCUT2D eigenvalue weighted by molar-refractivity contribution is 6.18. The van der Waals surface area contributed by atoms with E-state index in [1.54, 1.807) is 24.3 Å². The summed E-state index contributed by atoms with van der Waals surface area (Å²) >= 11 is 5.65. The number of halogens is 1. The number of alkyl halides is 1. The predicted molar refractivity (Wildman–Crippen MR) is 105 cm³/mol. The molecule has 3 N–H and O–H groups in total. The van der Waals surface area contributed by atoms with Gasteiger partial charge in [-0.25, -0.2) is 4.79 Å². The SMILES string of the molecule is O=C(N[C@H](Cc1c[nH]c2ccccc12)C(=O)NCCCl)Oc1ccccc1. The Hall–Kier alpha value is -2.99. The van der Waals surface area contributed by atoms with Crippen molar-refractivity contribution in [3.8, 4) is 5.75 Å². The Morgan fingerprint density at radius 1 is 1.07 bits per heavy atom. The number of H-pyrrole nitrogens is 1. The van der Waals surface area contributed by atoms with Crippen molar-refractivity contribution in [1.82, 2.24) is 15.6 Å². The van der Waals surface area contributed by atoms with Crippen molar-refractivity contribution in [3.05, 3.63) is 66.4 Å². The summed E-state index contributed by atoms with van der Waals surface area (Å²) in [6, 6.07) is 15.7. The topological polar surface area (TPSA) is 83.2 Å². The number of para-hydroxylation sites is 2. The molecule has 0 aliphatic rings.